The number of morpholine rings is 1. The van der Waals surface area contributed by atoms with Gasteiger partial charge in [0.25, 0.3) is 6.23 Å². The maximum atomic E-state index is 13.2. The van der Waals surface area contributed by atoms with E-state index in [1.165, 1.54) is 18.3 Å². The van der Waals surface area contributed by atoms with Gasteiger partial charge in [0.2, 0.25) is 5.82 Å². The molecule has 2 aliphatic heterocycles. The molecule has 3 unspecified atom stereocenters. The van der Waals surface area contributed by atoms with Gasteiger partial charge in [-0.05, 0) is 19.1 Å². The van der Waals surface area contributed by atoms with Crippen LogP contribution in [0.15, 0.2) is 35.3 Å². The van der Waals surface area contributed by atoms with Crippen molar-refractivity contribution in [3.8, 4) is 5.00 Å². The molecule has 1 fully saturated rings. The Morgan fingerprint density at radius 3 is 2.80 bits per heavy atom. The molecule has 1 aromatic carbocycles. The second-order valence-electron chi connectivity index (χ2n) is 8.42. The number of halogens is 1. The van der Waals surface area contributed by atoms with E-state index >= 15 is 0 Å². The molecule has 11 heteroatoms. The average Bonchev–Trinajstić information content (AvgIpc) is 3.42. The number of ketones is 1. The normalized spacial score (nSPS) is 20.3. The molecule has 1 N–H and O–H groups in total. The summed E-state index contributed by atoms with van der Waals surface area (Å²) in [4.78, 5) is 30.8. The van der Waals surface area contributed by atoms with Gasteiger partial charge in [0.1, 0.15) is 16.9 Å². The van der Waals surface area contributed by atoms with Crippen LogP contribution < -0.4 is 5.32 Å². The number of carbonyl (C=O) groups excluding carboxylic acids is 2. The molecule has 0 saturated carbocycles. The molecule has 0 bridgehead atoms. The van der Waals surface area contributed by atoms with E-state index in [9.17, 15) is 9.59 Å². The molecule has 3 aromatic rings. The summed E-state index contributed by atoms with van der Waals surface area (Å²) >= 11 is 8.03. The molecule has 9 nitrogen and oxygen atoms in total. The quantitative estimate of drug-likeness (QED) is 0.521. The number of hydrogen-bond acceptors (Lipinski definition) is 9. The minimum atomic E-state index is -0.996. The lowest BCUT2D eigenvalue weighted by atomic mass is 9.97. The molecule has 1 saturated heterocycles. The van der Waals surface area contributed by atoms with Crippen molar-refractivity contribution < 1.29 is 19.1 Å². The van der Waals surface area contributed by atoms with E-state index in [-0.39, 0.29) is 5.78 Å². The summed E-state index contributed by atoms with van der Waals surface area (Å²) in [6, 6.07) is 9.31. The van der Waals surface area contributed by atoms with Gasteiger partial charge in [-0.3, -0.25) is 14.2 Å². The number of ether oxygens (including phenoxy) is 2. The zero-order valence-electron chi connectivity index (χ0n) is 19.4. The largest absolute Gasteiger partial charge is 0.432 e. The molecule has 35 heavy (non-hydrogen) atoms. The Morgan fingerprint density at radius 2 is 2.09 bits per heavy atom. The molecule has 0 radical (unpaired) electrons. The second-order valence-corrected chi connectivity index (χ2v) is 9.88. The van der Waals surface area contributed by atoms with Gasteiger partial charge in [-0.15, -0.1) is 21.5 Å². The number of nitrogens with one attached hydrogen (secondary N) is 1. The van der Waals surface area contributed by atoms with Crippen LogP contribution in [0.1, 0.15) is 53.6 Å². The number of nitrogens with zero attached hydrogens (tertiary/aromatic N) is 4. The van der Waals surface area contributed by atoms with E-state index < -0.39 is 24.2 Å². The third-order valence-electron chi connectivity index (χ3n) is 6.01. The van der Waals surface area contributed by atoms with Gasteiger partial charge in [-0.1, -0.05) is 36.7 Å². The van der Waals surface area contributed by atoms with Crippen LogP contribution >= 0.6 is 22.9 Å². The molecule has 0 amide bonds. The van der Waals surface area contributed by atoms with Gasteiger partial charge >= 0.3 is 5.97 Å². The second kappa shape index (κ2) is 9.62. The van der Waals surface area contributed by atoms with Crippen LogP contribution in [0.25, 0.3) is 5.00 Å². The maximum Gasteiger partial charge on any atom is 0.304 e. The topological polar surface area (TPSA) is 108 Å². The van der Waals surface area contributed by atoms with Crippen LogP contribution in [0.2, 0.25) is 5.02 Å². The van der Waals surface area contributed by atoms with E-state index in [0.717, 1.165) is 22.0 Å². The predicted molar refractivity (Wildman–Crippen MR) is 132 cm³/mol. The lowest BCUT2D eigenvalue weighted by Crippen LogP contribution is -2.44. The number of benzene rings is 1. The molecular weight excluding hydrogens is 490 g/mol. The first-order chi connectivity index (χ1) is 16.8. The Labute approximate surface area is 211 Å². The number of Topliss-reactive ketones (excluding diaryl/α,β-unsaturated/α-hetero) is 1. The van der Waals surface area contributed by atoms with Gasteiger partial charge in [-0.2, -0.15) is 0 Å². The molecule has 0 aliphatic carbocycles. The van der Waals surface area contributed by atoms with Crippen molar-refractivity contribution in [1.29, 1.82) is 0 Å². The van der Waals surface area contributed by atoms with Crippen LogP contribution in [0.3, 0.4) is 0 Å². The predicted octanol–water partition coefficient (Wildman–Crippen LogP) is 3.36. The number of aryl methyl sites for hydroxylation is 1. The Kier molecular flexibility index (Phi) is 6.54. The van der Waals surface area contributed by atoms with E-state index in [1.807, 2.05) is 42.7 Å². The Bertz CT molecular complexity index is 1330. The summed E-state index contributed by atoms with van der Waals surface area (Å²) in [5.41, 5.74) is 2.01. The number of hydrogen-bond donors (Lipinski definition) is 1. The van der Waals surface area contributed by atoms with Crippen molar-refractivity contribution >= 4 is 40.4 Å². The highest BCUT2D eigenvalue weighted by molar-refractivity contribution is 7.15. The third-order valence-corrected chi connectivity index (χ3v) is 7.64. The van der Waals surface area contributed by atoms with Crippen molar-refractivity contribution in [2.45, 2.75) is 39.0 Å². The summed E-state index contributed by atoms with van der Waals surface area (Å²) in [6.07, 6.45) is -1.48. The number of aliphatic imine (C=N–C) groups is 1. The van der Waals surface area contributed by atoms with E-state index in [1.54, 1.807) is 6.07 Å². The van der Waals surface area contributed by atoms with Gasteiger partial charge in [0.15, 0.2) is 5.78 Å². The fraction of sp³-hybridized carbons (Fsp3) is 0.375. The van der Waals surface area contributed by atoms with Gasteiger partial charge in [0, 0.05) is 41.0 Å². The SMILES string of the molecule is CC(=O)OC1N=C(c2ccccc2Cl)c2cc(C(C)C(=O)C3CNCCO3)sc2-n2c(C)nnc21. The Hall–Kier alpha value is -2.92. The van der Waals surface area contributed by atoms with Crippen LogP contribution in [0, 0.1) is 6.92 Å². The fourth-order valence-corrected chi connectivity index (χ4v) is 5.76. The summed E-state index contributed by atoms with van der Waals surface area (Å²) in [5.74, 6) is 0.127. The molecule has 0 spiro atoms. The Morgan fingerprint density at radius 1 is 1.29 bits per heavy atom. The smallest absolute Gasteiger partial charge is 0.304 e. The number of rotatable bonds is 5. The standard InChI is InChI=1S/C24H24ClN5O4S/c1-12(21(32)18-11-26-8-9-33-18)19-10-16-20(15-6-4-5-7-17(15)25)27-23(34-14(3)31)22-29-28-13(2)30(22)24(16)35-19/h4-7,10,12,18,23,26H,8-9,11H2,1-3H3. The Balaban J connectivity index is 1.66. The summed E-state index contributed by atoms with van der Waals surface area (Å²) in [7, 11) is 0. The minimum absolute atomic E-state index is 0.0170. The summed E-state index contributed by atoms with van der Waals surface area (Å²) < 4.78 is 13.1. The first-order valence-electron chi connectivity index (χ1n) is 11.3. The zero-order valence-corrected chi connectivity index (χ0v) is 21.0. The van der Waals surface area contributed by atoms with E-state index in [0.29, 0.717) is 41.1 Å². The number of thiophene rings is 1. The van der Waals surface area contributed by atoms with Gasteiger partial charge < -0.3 is 14.8 Å². The van der Waals surface area contributed by atoms with Crippen molar-refractivity contribution in [3.05, 3.63) is 63.0 Å². The lowest BCUT2D eigenvalue weighted by Gasteiger charge is -2.24. The molecule has 3 atom stereocenters. The van der Waals surface area contributed by atoms with Crippen LogP contribution in [-0.4, -0.2) is 58.0 Å². The summed E-state index contributed by atoms with van der Waals surface area (Å²) in [5, 5.41) is 13.0. The highest BCUT2D eigenvalue weighted by Gasteiger charge is 2.35. The fourth-order valence-electron chi connectivity index (χ4n) is 4.25. The molecular formula is C24H24ClN5O4S. The molecule has 2 aromatic heterocycles. The first-order valence-corrected chi connectivity index (χ1v) is 12.5. The molecule has 2 aliphatic rings. The highest BCUT2D eigenvalue weighted by atomic mass is 35.5. The third kappa shape index (κ3) is 4.42. The zero-order chi connectivity index (χ0) is 24.7. The van der Waals surface area contributed by atoms with Crippen molar-refractivity contribution in [3.63, 3.8) is 0 Å². The molecule has 4 heterocycles. The number of carbonyl (C=O) groups is 2. The molecule has 5 rings (SSSR count). The lowest BCUT2D eigenvalue weighted by molar-refractivity contribution is -0.146. The van der Waals surface area contributed by atoms with E-state index in [4.69, 9.17) is 26.1 Å². The monoisotopic (exact) mass is 513 g/mol. The van der Waals surface area contributed by atoms with Crippen molar-refractivity contribution in [2.24, 2.45) is 4.99 Å². The minimum Gasteiger partial charge on any atom is -0.432 e. The number of fused-ring (bicyclic) bond motifs is 3. The number of aromatic nitrogens is 3. The van der Waals surface area contributed by atoms with Crippen LogP contribution in [-0.2, 0) is 19.1 Å². The van der Waals surface area contributed by atoms with Crippen LogP contribution in [0.4, 0.5) is 0 Å². The van der Waals surface area contributed by atoms with Gasteiger partial charge in [-0.25, -0.2) is 4.99 Å². The average molecular weight is 514 g/mol. The maximum absolute atomic E-state index is 13.2. The highest BCUT2D eigenvalue weighted by Crippen LogP contribution is 2.40. The van der Waals surface area contributed by atoms with Crippen molar-refractivity contribution in [1.82, 2.24) is 20.1 Å². The molecule has 182 valence electrons. The first kappa shape index (κ1) is 23.8. The summed E-state index contributed by atoms with van der Waals surface area (Å²) in [6.45, 7) is 6.78. The van der Waals surface area contributed by atoms with Gasteiger partial charge in [0.05, 0.1) is 18.2 Å². The number of esters is 1. The van der Waals surface area contributed by atoms with Crippen LogP contribution in [0.5, 0.6) is 0 Å². The van der Waals surface area contributed by atoms with Crippen molar-refractivity contribution in [2.75, 3.05) is 19.7 Å². The van der Waals surface area contributed by atoms with E-state index in [2.05, 4.69) is 15.5 Å².